The third-order valence-corrected chi connectivity index (χ3v) is 7.78. The Morgan fingerprint density at radius 3 is 2.87 bits per heavy atom. The second-order valence-electron chi connectivity index (χ2n) is 8.10. The van der Waals surface area contributed by atoms with Gasteiger partial charge in [0, 0.05) is 18.2 Å². The molecule has 0 spiro atoms. The molecular weight excluding hydrogens is 402 g/mol. The van der Waals surface area contributed by atoms with Crippen LogP contribution in [-0.2, 0) is 14.7 Å². The number of nitrogens with zero attached hydrogens (tertiary/aromatic N) is 1. The minimum absolute atomic E-state index is 0.0173. The highest BCUT2D eigenvalue weighted by molar-refractivity contribution is 7.91. The van der Waals surface area contributed by atoms with E-state index in [0.29, 0.717) is 12.6 Å². The fraction of sp³-hybridized carbons (Fsp3) is 0.591. The number of amides is 1. The van der Waals surface area contributed by atoms with Gasteiger partial charge < -0.3 is 5.73 Å². The van der Waals surface area contributed by atoms with Gasteiger partial charge in [0.1, 0.15) is 0 Å². The zero-order valence-electron chi connectivity index (χ0n) is 17.7. The highest BCUT2D eigenvalue weighted by Crippen LogP contribution is 2.25. The van der Waals surface area contributed by atoms with Gasteiger partial charge in [0.25, 0.3) is 5.91 Å². The molecular formula is C22H33N3O4S. The van der Waals surface area contributed by atoms with Crippen molar-refractivity contribution < 1.29 is 18.0 Å². The third-order valence-electron chi connectivity index (χ3n) is 6.00. The van der Waals surface area contributed by atoms with Gasteiger partial charge in [-0.2, -0.15) is 0 Å². The van der Waals surface area contributed by atoms with Crippen molar-refractivity contribution >= 4 is 21.4 Å². The zero-order valence-corrected chi connectivity index (χ0v) is 18.5. The van der Waals surface area contributed by atoms with E-state index in [0.717, 1.165) is 25.9 Å². The van der Waals surface area contributed by atoms with Crippen LogP contribution in [0.5, 0.6) is 0 Å². The topological polar surface area (TPSA) is 102 Å². The van der Waals surface area contributed by atoms with Crippen LogP contribution >= 0.6 is 0 Å². The number of nitrogens with two attached hydrogens (primary N) is 1. The number of nitrogens with one attached hydrogen (secondary N) is 1. The van der Waals surface area contributed by atoms with Crippen molar-refractivity contribution in [2.24, 2.45) is 0 Å². The molecule has 1 saturated heterocycles. The van der Waals surface area contributed by atoms with E-state index < -0.39 is 15.7 Å². The molecule has 1 aliphatic carbocycles. The zero-order chi connectivity index (χ0) is 21.6. The van der Waals surface area contributed by atoms with Crippen molar-refractivity contribution in [2.45, 2.75) is 62.8 Å². The van der Waals surface area contributed by atoms with Gasteiger partial charge in [0.2, 0.25) is 0 Å². The standard InChI is InChI=1S/C22H33N3O4S/c1-2-30(27,28)21-15-18(10-11-20(21)23)22(26)24-29-14-12-19-9-6-13-25(19)16-17-7-4-3-5-8-17/h7,10-11,15,19H,2-6,8-9,12-14,16,23H2,1H3,(H,24,26). The van der Waals surface area contributed by atoms with Crippen LogP contribution in [0, 0.1) is 0 Å². The van der Waals surface area contributed by atoms with E-state index in [1.165, 1.54) is 50.3 Å². The molecule has 7 nitrogen and oxygen atoms in total. The maximum Gasteiger partial charge on any atom is 0.274 e. The van der Waals surface area contributed by atoms with Gasteiger partial charge in [-0.15, -0.1) is 0 Å². The van der Waals surface area contributed by atoms with Gasteiger partial charge in [-0.3, -0.25) is 14.5 Å². The minimum Gasteiger partial charge on any atom is -0.398 e. The van der Waals surface area contributed by atoms with E-state index >= 15 is 0 Å². The molecule has 1 fully saturated rings. The Morgan fingerprint density at radius 1 is 1.30 bits per heavy atom. The van der Waals surface area contributed by atoms with Crippen LogP contribution in [0.4, 0.5) is 5.69 Å². The van der Waals surface area contributed by atoms with E-state index in [9.17, 15) is 13.2 Å². The number of rotatable bonds is 9. The van der Waals surface area contributed by atoms with E-state index in [2.05, 4.69) is 16.5 Å². The number of allylic oxidation sites excluding steroid dienone is 1. The molecule has 1 aliphatic heterocycles. The maximum atomic E-state index is 12.4. The van der Waals surface area contributed by atoms with E-state index in [-0.39, 0.29) is 21.9 Å². The molecule has 2 aliphatic rings. The van der Waals surface area contributed by atoms with Crippen molar-refractivity contribution in [3.05, 3.63) is 35.4 Å². The number of likely N-dealkylation sites (tertiary alicyclic amines) is 1. The number of sulfone groups is 1. The quantitative estimate of drug-likeness (QED) is 0.267. The lowest BCUT2D eigenvalue weighted by atomic mass is 9.99. The lowest BCUT2D eigenvalue weighted by molar-refractivity contribution is 0.0244. The summed E-state index contributed by atoms with van der Waals surface area (Å²) in [6.45, 7) is 4.13. The number of hydroxylamine groups is 1. The molecule has 1 aromatic rings. The van der Waals surface area contributed by atoms with E-state index in [1.807, 2.05) is 0 Å². The Kier molecular flexibility index (Phi) is 7.91. The summed E-state index contributed by atoms with van der Waals surface area (Å²) in [6.07, 6.45) is 10.6. The summed E-state index contributed by atoms with van der Waals surface area (Å²) in [5.74, 6) is -0.550. The van der Waals surface area contributed by atoms with Crippen LogP contribution in [0.25, 0.3) is 0 Å². The van der Waals surface area contributed by atoms with Gasteiger partial charge >= 0.3 is 0 Å². The molecule has 1 atom stereocenters. The second kappa shape index (κ2) is 10.4. The fourth-order valence-corrected chi connectivity index (χ4v) is 5.25. The normalized spacial score (nSPS) is 20.2. The second-order valence-corrected chi connectivity index (χ2v) is 10.3. The lowest BCUT2D eigenvalue weighted by Gasteiger charge is -2.26. The third kappa shape index (κ3) is 5.83. The predicted molar refractivity (Wildman–Crippen MR) is 118 cm³/mol. The van der Waals surface area contributed by atoms with Crippen molar-refractivity contribution in [2.75, 3.05) is 31.2 Å². The average molecular weight is 436 g/mol. The summed E-state index contributed by atoms with van der Waals surface area (Å²) in [7, 11) is -3.50. The number of nitrogen functional groups attached to an aromatic ring is 1. The van der Waals surface area contributed by atoms with Crippen LogP contribution in [0.1, 0.15) is 62.2 Å². The molecule has 1 heterocycles. The molecule has 30 heavy (non-hydrogen) atoms. The summed E-state index contributed by atoms with van der Waals surface area (Å²) in [4.78, 5) is 20.3. The van der Waals surface area contributed by atoms with Crippen molar-refractivity contribution in [1.82, 2.24) is 10.4 Å². The molecule has 1 amide bonds. The van der Waals surface area contributed by atoms with Crippen LogP contribution < -0.4 is 11.2 Å². The molecule has 3 rings (SSSR count). The largest absolute Gasteiger partial charge is 0.398 e. The number of hydrogen-bond donors (Lipinski definition) is 2. The van der Waals surface area contributed by atoms with E-state index in [1.54, 1.807) is 12.5 Å². The first kappa shape index (κ1) is 22.8. The SMILES string of the molecule is CCS(=O)(=O)c1cc(C(=O)NOCCC2CCCN2CC2=CCCCC2)ccc1N. The Hall–Kier alpha value is -1.90. The van der Waals surface area contributed by atoms with Crippen LogP contribution in [0.2, 0.25) is 0 Å². The summed E-state index contributed by atoms with van der Waals surface area (Å²) in [5, 5.41) is 0. The first-order valence-electron chi connectivity index (χ1n) is 10.9. The summed E-state index contributed by atoms with van der Waals surface area (Å²) < 4.78 is 24.3. The number of anilines is 1. The molecule has 0 saturated carbocycles. The Labute approximate surface area is 179 Å². The summed E-state index contributed by atoms with van der Waals surface area (Å²) in [5.41, 5.74) is 10.1. The number of benzene rings is 1. The molecule has 0 radical (unpaired) electrons. The first-order valence-corrected chi connectivity index (χ1v) is 12.5. The summed E-state index contributed by atoms with van der Waals surface area (Å²) in [6, 6.07) is 4.72. The molecule has 3 N–H and O–H groups in total. The van der Waals surface area contributed by atoms with Crippen LogP contribution in [0.3, 0.4) is 0 Å². The molecule has 1 aromatic carbocycles. The first-order chi connectivity index (χ1) is 14.4. The van der Waals surface area contributed by atoms with Gasteiger partial charge in [0.05, 0.1) is 22.9 Å². The van der Waals surface area contributed by atoms with Crippen molar-refractivity contribution in [3.8, 4) is 0 Å². The molecule has 8 heteroatoms. The summed E-state index contributed by atoms with van der Waals surface area (Å²) >= 11 is 0. The minimum atomic E-state index is -3.50. The molecule has 0 aromatic heterocycles. The van der Waals surface area contributed by atoms with Crippen molar-refractivity contribution in [3.63, 3.8) is 0 Å². The van der Waals surface area contributed by atoms with Gasteiger partial charge in [-0.05, 0) is 69.7 Å². The fourth-order valence-electron chi connectivity index (χ4n) is 4.21. The van der Waals surface area contributed by atoms with Crippen LogP contribution in [-0.4, -0.2) is 50.7 Å². The highest BCUT2D eigenvalue weighted by atomic mass is 32.2. The smallest absolute Gasteiger partial charge is 0.274 e. The Balaban J connectivity index is 1.48. The number of carbonyl (C=O) groups excluding carboxylic acids is 1. The molecule has 166 valence electrons. The van der Waals surface area contributed by atoms with E-state index in [4.69, 9.17) is 10.6 Å². The van der Waals surface area contributed by atoms with Gasteiger partial charge in [0.15, 0.2) is 9.84 Å². The Morgan fingerprint density at radius 2 is 2.13 bits per heavy atom. The predicted octanol–water partition coefficient (Wildman–Crippen LogP) is 3.08. The van der Waals surface area contributed by atoms with Crippen molar-refractivity contribution in [1.29, 1.82) is 0 Å². The van der Waals surface area contributed by atoms with Gasteiger partial charge in [-0.25, -0.2) is 13.9 Å². The number of carbonyl (C=O) groups is 1. The molecule has 0 bridgehead atoms. The average Bonchev–Trinajstić information content (AvgIpc) is 3.18. The van der Waals surface area contributed by atoms with Crippen LogP contribution in [0.15, 0.2) is 34.7 Å². The maximum absolute atomic E-state index is 12.4. The lowest BCUT2D eigenvalue weighted by Crippen LogP contribution is -2.33. The monoisotopic (exact) mass is 435 g/mol. The van der Waals surface area contributed by atoms with Gasteiger partial charge in [-0.1, -0.05) is 18.6 Å². The number of hydrogen-bond acceptors (Lipinski definition) is 6. The Bertz CT molecular complexity index is 882. The molecule has 1 unspecified atom stereocenters. The highest BCUT2D eigenvalue weighted by Gasteiger charge is 2.25.